The first-order chi connectivity index (χ1) is 7.20. The molecule has 1 aliphatic heterocycles. The quantitative estimate of drug-likeness (QED) is 0.742. The SMILES string of the molecule is COC[C@@H]1CN(C)c2cc(F)ccc2O1. The summed E-state index contributed by atoms with van der Waals surface area (Å²) in [5, 5.41) is 0. The first kappa shape index (κ1) is 10.2. The standard InChI is InChI=1S/C11H14FNO2/c1-13-6-9(7-14-2)15-11-4-3-8(12)5-10(11)13/h3-5,9H,6-7H2,1-2H3/t9-/m0/s1. The van der Waals surface area contributed by atoms with Gasteiger partial charge in [-0.15, -0.1) is 0 Å². The lowest BCUT2D eigenvalue weighted by Crippen LogP contribution is -2.40. The number of ether oxygens (including phenoxy) is 2. The molecule has 2 rings (SSSR count). The number of methoxy groups -OCH3 is 1. The number of benzene rings is 1. The molecule has 0 N–H and O–H groups in total. The number of rotatable bonds is 2. The zero-order valence-corrected chi connectivity index (χ0v) is 8.87. The van der Waals surface area contributed by atoms with Crippen LogP contribution in [0, 0.1) is 5.82 Å². The Labute approximate surface area is 88.4 Å². The predicted octanol–water partition coefficient (Wildman–Crippen LogP) is 1.67. The average Bonchev–Trinajstić information content (AvgIpc) is 2.20. The average molecular weight is 211 g/mol. The molecule has 0 bridgehead atoms. The molecule has 1 aromatic carbocycles. The Bertz CT molecular complexity index is 356. The van der Waals surface area contributed by atoms with Crippen molar-refractivity contribution in [3.05, 3.63) is 24.0 Å². The summed E-state index contributed by atoms with van der Waals surface area (Å²) < 4.78 is 23.7. The van der Waals surface area contributed by atoms with E-state index in [2.05, 4.69) is 0 Å². The largest absolute Gasteiger partial charge is 0.484 e. The van der Waals surface area contributed by atoms with Crippen molar-refractivity contribution in [1.29, 1.82) is 0 Å². The Hall–Kier alpha value is -1.29. The van der Waals surface area contributed by atoms with Crippen molar-refractivity contribution < 1.29 is 13.9 Å². The third-order valence-corrected chi connectivity index (χ3v) is 2.46. The molecule has 1 atom stereocenters. The van der Waals surface area contributed by atoms with Gasteiger partial charge in [0.1, 0.15) is 17.7 Å². The Morgan fingerprint density at radius 1 is 1.60 bits per heavy atom. The molecule has 0 unspecified atom stereocenters. The number of halogens is 1. The van der Waals surface area contributed by atoms with Gasteiger partial charge in [0, 0.05) is 20.2 Å². The van der Waals surface area contributed by atoms with Crippen LogP contribution in [0.5, 0.6) is 5.75 Å². The summed E-state index contributed by atoms with van der Waals surface area (Å²) in [6.45, 7) is 1.26. The summed E-state index contributed by atoms with van der Waals surface area (Å²) in [4.78, 5) is 1.98. The molecule has 0 aromatic heterocycles. The van der Waals surface area contributed by atoms with Crippen molar-refractivity contribution in [3.63, 3.8) is 0 Å². The minimum Gasteiger partial charge on any atom is -0.484 e. The highest BCUT2D eigenvalue weighted by Gasteiger charge is 2.23. The first-order valence-electron chi connectivity index (χ1n) is 4.87. The number of hydrogen-bond acceptors (Lipinski definition) is 3. The van der Waals surface area contributed by atoms with Crippen molar-refractivity contribution in [2.24, 2.45) is 0 Å². The van der Waals surface area contributed by atoms with Gasteiger partial charge in [0.2, 0.25) is 0 Å². The van der Waals surface area contributed by atoms with Crippen molar-refractivity contribution in [2.75, 3.05) is 32.2 Å². The molecule has 0 saturated heterocycles. The number of likely N-dealkylation sites (N-methyl/N-ethyl adjacent to an activating group) is 1. The van der Waals surface area contributed by atoms with E-state index in [4.69, 9.17) is 9.47 Å². The van der Waals surface area contributed by atoms with Crippen LogP contribution in [0.25, 0.3) is 0 Å². The third kappa shape index (κ3) is 2.04. The van der Waals surface area contributed by atoms with E-state index in [0.717, 1.165) is 5.69 Å². The van der Waals surface area contributed by atoms with Crippen LogP contribution in [0.3, 0.4) is 0 Å². The van der Waals surface area contributed by atoms with E-state index in [0.29, 0.717) is 18.9 Å². The van der Waals surface area contributed by atoms with Gasteiger partial charge in [-0.25, -0.2) is 4.39 Å². The zero-order chi connectivity index (χ0) is 10.8. The lowest BCUT2D eigenvalue weighted by molar-refractivity contribution is 0.0800. The number of anilines is 1. The number of nitrogens with zero attached hydrogens (tertiary/aromatic N) is 1. The normalized spacial score (nSPS) is 19.7. The monoisotopic (exact) mass is 211 g/mol. The molecule has 4 heteroatoms. The van der Waals surface area contributed by atoms with Crippen LogP contribution in [0.15, 0.2) is 18.2 Å². The summed E-state index contributed by atoms with van der Waals surface area (Å²) in [7, 11) is 3.56. The maximum absolute atomic E-state index is 13.0. The van der Waals surface area contributed by atoms with Crippen molar-refractivity contribution in [1.82, 2.24) is 0 Å². The molecule has 0 saturated carbocycles. The molecule has 15 heavy (non-hydrogen) atoms. The Morgan fingerprint density at radius 3 is 3.13 bits per heavy atom. The molecule has 0 fully saturated rings. The highest BCUT2D eigenvalue weighted by atomic mass is 19.1. The van der Waals surface area contributed by atoms with E-state index in [1.807, 2.05) is 11.9 Å². The minimum atomic E-state index is -0.241. The van der Waals surface area contributed by atoms with Gasteiger partial charge in [-0.2, -0.15) is 0 Å². The van der Waals surface area contributed by atoms with Gasteiger partial charge in [0.25, 0.3) is 0 Å². The second-order valence-corrected chi connectivity index (χ2v) is 3.69. The van der Waals surface area contributed by atoms with Gasteiger partial charge >= 0.3 is 0 Å². The van der Waals surface area contributed by atoms with E-state index in [1.165, 1.54) is 12.1 Å². The summed E-state index contributed by atoms with van der Waals surface area (Å²) >= 11 is 0. The summed E-state index contributed by atoms with van der Waals surface area (Å²) in [5.41, 5.74) is 0.794. The van der Waals surface area contributed by atoms with Crippen molar-refractivity contribution >= 4 is 5.69 Å². The zero-order valence-electron chi connectivity index (χ0n) is 8.87. The molecule has 3 nitrogen and oxygen atoms in total. The van der Waals surface area contributed by atoms with Gasteiger partial charge in [0.15, 0.2) is 0 Å². The molecule has 1 aliphatic rings. The summed E-state index contributed by atoms with van der Waals surface area (Å²) in [5.74, 6) is 0.474. The van der Waals surface area contributed by atoms with Crippen LogP contribution in [0.4, 0.5) is 10.1 Å². The fourth-order valence-corrected chi connectivity index (χ4v) is 1.78. The van der Waals surface area contributed by atoms with Crippen LogP contribution in [0.2, 0.25) is 0 Å². The van der Waals surface area contributed by atoms with Crippen LogP contribution < -0.4 is 9.64 Å². The van der Waals surface area contributed by atoms with E-state index < -0.39 is 0 Å². The first-order valence-corrected chi connectivity index (χ1v) is 4.87. The van der Waals surface area contributed by atoms with Gasteiger partial charge in [0.05, 0.1) is 18.8 Å². The van der Waals surface area contributed by atoms with Gasteiger partial charge < -0.3 is 14.4 Å². The lowest BCUT2D eigenvalue weighted by atomic mass is 10.2. The van der Waals surface area contributed by atoms with Crippen molar-refractivity contribution in [2.45, 2.75) is 6.10 Å². The summed E-state index contributed by atoms with van der Waals surface area (Å²) in [6.07, 6.45) is 0.0120. The van der Waals surface area contributed by atoms with Crippen LogP contribution in [-0.4, -0.2) is 33.4 Å². The molecular weight excluding hydrogens is 197 g/mol. The molecule has 1 aromatic rings. The maximum Gasteiger partial charge on any atom is 0.143 e. The second-order valence-electron chi connectivity index (χ2n) is 3.69. The topological polar surface area (TPSA) is 21.7 Å². The van der Waals surface area contributed by atoms with E-state index in [1.54, 1.807) is 13.2 Å². The van der Waals surface area contributed by atoms with E-state index in [9.17, 15) is 4.39 Å². The van der Waals surface area contributed by atoms with E-state index >= 15 is 0 Å². The summed E-state index contributed by atoms with van der Waals surface area (Å²) in [6, 6.07) is 4.54. The van der Waals surface area contributed by atoms with Crippen molar-refractivity contribution in [3.8, 4) is 5.75 Å². The number of fused-ring (bicyclic) bond motifs is 1. The predicted molar refractivity (Wildman–Crippen MR) is 56.0 cm³/mol. The van der Waals surface area contributed by atoms with E-state index in [-0.39, 0.29) is 11.9 Å². The molecule has 0 aliphatic carbocycles. The number of hydrogen-bond donors (Lipinski definition) is 0. The highest BCUT2D eigenvalue weighted by molar-refractivity contribution is 5.59. The Balaban J connectivity index is 2.24. The fraction of sp³-hybridized carbons (Fsp3) is 0.455. The smallest absolute Gasteiger partial charge is 0.143 e. The Morgan fingerprint density at radius 2 is 2.40 bits per heavy atom. The maximum atomic E-state index is 13.0. The Kier molecular flexibility index (Phi) is 2.77. The highest BCUT2D eigenvalue weighted by Crippen LogP contribution is 2.32. The molecule has 82 valence electrons. The van der Waals surface area contributed by atoms with Gasteiger partial charge in [-0.1, -0.05) is 0 Å². The lowest BCUT2D eigenvalue weighted by Gasteiger charge is -2.33. The minimum absolute atomic E-state index is 0.0120. The van der Waals surface area contributed by atoms with Gasteiger partial charge in [-0.05, 0) is 12.1 Å². The van der Waals surface area contributed by atoms with Gasteiger partial charge in [-0.3, -0.25) is 0 Å². The van der Waals surface area contributed by atoms with Crippen LogP contribution in [-0.2, 0) is 4.74 Å². The van der Waals surface area contributed by atoms with Crippen LogP contribution >= 0.6 is 0 Å². The van der Waals surface area contributed by atoms with Crippen LogP contribution in [0.1, 0.15) is 0 Å². The molecule has 0 radical (unpaired) electrons. The molecule has 1 heterocycles. The molecule has 0 amide bonds. The molecular formula is C11H14FNO2. The second kappa shape index (κ2) is 4.06. The molecule has 0 spiro atoms. The fourth-order valence-electron chi connectivity index (χ4n) is 1.78. The third-order valence-electron chi connectivity index (χ3n) is 2.46.